The summed E-state index contributed by atoms with van der Waals surface area (Å²) in [5.41, 5.74) is 2.93. The molecule has 0 spiro atoms. The summed E-state index contributed by atoms with van der Waals surface area (Å²) in [5.74, 6) is 0.375. The molecule has 1 atom stereocenters. The molecule has 2 aromatic rings. The van der Waals surface area contributed by atoms with E-state index in [0.717, 1.165) is 18.7 Å². The largest absolute Gasteiger partial charge is 0.253 e. The molecule has 0 saturated heterocycles. The highest BCUT2D eigenvalue weighted by atomic mass is 15.4. The van der Waals surface area contributed by atoms with Crippen molar-refractivity contribution in [3.63, 3.8) is 0 Å². The van der Waals surface area contributed by atoms with Gasteiger partial charge < -0.3 is 0 Å². The van der Waals surface area contributed by atoms with E-state index < -0.39 is 0 Å². The van der Waals surface area contributed by atoms with Crippen LogP contribution in [-0.2, 0) is 13.0 Å². The molecule has 2 rings (SSSR count). The first-order valence-corrected chi connectivity index (χ1v) is 6.12. The zero-order valence-electron chi connectivity index (χ0n) is 10.7. The van der Waals surface area contributed by atoms with Crippen molar-refractivity contribution in [3.8, 4) is 6.07 Å². The minimum atomic E-state index is 0.375. The molecule has 0 fully saturated rings. The number of aryl methyl sites for hydroxylation is 1. The molecule has 0 aliphatic heterocycles. The van der Waals surface area contributed by atoms with Crippen LogP contribution in [-0.4, -0.2) is 15.0 Å². The summed E-state index contributed by atoms with van der Waals surface area (Å²) < 4.78 is 1.83. The van der Waals surface area contributed by atoms with Gasteiger partial charge in [0.2, 0.25) is 0 Å². The number of nitrogens with zero attached hydrogens (tertiary/aromatic N) is 4. The Morgan fingerprint density at radius 2 is 2.06 bits per heavy atom. The molecule has 0 amide bonds. The zero-order valence-corrected chi connectivity index (χ0v) is 10.7. The fourth-order valence-corrected chi connectivity index (χ4v) is 1.90. The van der Waals surface area contributed by atoms with E-state index in [0.29, 0.717) is 11.5 Å². The van der Waals surface area contributed by atoms with E-state index in [1.165, 1.54) is 5.56 Å². The van der Waals surface area contributed by atoms with E-state index in [1.807, 2.05) is 42.1 Å². The van der Waals surface area contributed by atoms with Crippen molar-refractivity contribution in [1.82, 2.24) is 15.0 Å². The van der Waals surface area contributed by atoms with Crippen LogP contribution in [0.2, 0.25) is 0 Å². The topological polar surface area (TPSA) is 54.5 Å². The minimum Gasteiger partial charge on any atom is -0.253 e. The molecule has 4 nitrogen and oxygen atoms in total. The summed E-state index contributed by atoms with van der Waals surface area (Å²) in [6.45, 7) is 5.05. The summed E-state index contributed by atoms with van der Waals surface area (Å²) in [7, 11) is 0. The van der Waals surface area contributed by atoms with Crippen LogP contribution in [0.5, 0.6) is 0 Å². The van der Waals surface area contributed by atoms with Crippen molar-refractivity contribution in [2.45, 2.75) is 32.7 Å². The normalized spacial score (nSPS) is 12.1. The van der Waals surface area contributed by atoms with Gasteiger partial charge in [0.1, 0.15) is 0 Å². The molecule has 1 aromatic heterocycles. The molecule has 1 unspecified atom stereocenters. The first-order valence-electron chi connectivity index (χ1n) is 6.12. The van der Waals surface area contributed by atoms with E-state index in [2.05, 4.69) is 23.3 Å². The predicted octanol–water partition coefficient (Wildman–Crippen LogP) is 2.52. The number of aromatic nitrogens is 3. The highest BCUT2D eigenvalue weighted by Gasteiger charge is 2.09. The summed E-state index contributed by atoms with van der Waals surface area (Å²) in [6.07, 6.45) is 2.85. The van der Waals surface area contributed by atoms with E-state index >= 15 is 0 Å². The van der Waals surface area contributed by atoms with Crippen molar-refractivity contribution in [2.75, 3.05) is 0 Å². The maximum atomic E-state index is 8.76. The second-order valence-corrected chi connectivity index (χ2v) is 4.40. The quantitative estimate of drug-likeness (QED) is 0.825. The number of hydrogen-bond donors (Lipinski definition) is 0. The van der Waals surface area contributed by atoms with Gasteiger partial charge in [-0.25, -0.2) is 0 Å². The molecule has 0 radical (unpaired) electrons. The molecule has 92 valence electrons. The molecule has 0 aliphatic rings. The Morgan fingerprint density at radius 3 is 2.61 bits per heavy atom. The molecule has 1 heterocycles. The van der Waals surface area contributed by atoms with E-state index in [-0.39, 0.29) is 0 Å². The smallest absolute Gasteiger partial charge is 0.0991 e. The third-order valence-corrected chi connectivity index (χ3v) is 3.03. The average molecular weight is 240 g/mol. The molecule has 4 heteroatoms. The molecule has 1 aromatic carbocycles. The van der Waals surface area contributed by atoms with Crippen molar-refractivity contribution in [3.05, 3.63) is 47.3 Å². The monoisotopic (exact) mass is 240 g/mol. The van der Waals surface area contributed by atoms with Gasteiger partial charge in [0.15, 0.2) is 0 Å². The second-order valence-electron chi connectivity index (χ2n) is 4.40. The average Bonchev–Trinajstić information content (AvgIpc) is 2.86. The van der Waals surface area contributed by atoms with Crippen molar-refractivity contribution in [1.29, 1.82) is 5.26 Å². The van der Waals surface area contributed by atoms with Gasteiger partial charge in [0.25, 0.3) is 0 Å². The fraction of sp³-hybridized carbons (Fsp3) is 0.357. The Balaban J connectivity index is 2.06. The lowest BCUT2D eigenvalue weighted by atomic mass is 9.96. The molecule has 0 bridgehead atoms. The van der Waals surface area contributed by atoms with Gasteiger partial charge in [-0.3, -0.25) is 4.68 Å². The maximum Gasteiger partial charge on any atom is 0.0991 e. The van der Waals surface area contributed by atoms with Gasteiger partial charge in [0.05, 0.1) is 17.3 Å². The molecule has 18 heavy (non-hydrogen) atoms. The Morgan fingerprint density at radius 1 is 1.33 bits per heavy atom. The molecule has 0 aliphatic carbocycles. The molecular weight excluding hydrogens is 224 g/mol. The van der Waals surface area contributed by atoms with Crippen LogP contribution in [0.15, 0.2) is 30.5 Å². The Labute approximate surface area is 107 Å². The predicted molar refractivity (Wildman–Crippen MR) is 69.0 cm³/mol. The van der Waals surface area contributed by atoms with E-state index in [4.69, 9.17) is 5.26 Å². The summed E-state index contributed by atoms with van der Waals surface area (Å²) in [5, 5.41) is 16.9. The molecule has 0 saturated carbocycles. The van der Waals surface area contributed by atoms with Crippen LogP contribution in [0.1, 0.15) is 36.6 Å². The number of benzene rings is 1. The van der Waals surface area contributed by atoms with E-state index in [9.17, 15) is 0 Å². The first kappa shape index (κ1) is 12.3. The first-order chi connectivity index (χ1) is 8.72. The number of rotatable bonds is 4. The lowest BCUT2D eigenvalue weighted by Gasteiger charge is -2.09. The Hall–Kier alpha value is -2.15. The number of nitriles is 1. The molecular formula is C14H16N4. The minimum absolute atomic E-state index is 0.375. The molecule has 0 N–H and O–H groups in total. The zero-order chi connectivity index (χ0) is 13.0. The summed E-state index contributed by atoms with van der Waals surface area (Å²) in [6, 6.07) is 9.85. The van der Waals surface area contributed by atoms with Gasteiger partial charge in [-0.15, -0.1) is 5.10 Å². The second kappa shape index (κ2) is 5.46. The third-order valence-electron chi connectivity index (χ3n) is 3.03. The summed E-state index contributed by atoms with van der Waals surface area (Å²) in [4.78, 5) is 0. The standard InChI is InChI=1S/C14H16N4/c1-3-18-10-14(16-17-18)8-11(2)13-6-4-12(9-15)5-7-13/h4-7,10-11H,3,8H2,1-2H3. The van der Waals surface area contributed by atoms with Crippen LogP contribution in [0.3, 0.4) is 0 Å². The lowest BCUT2D eigenvalue weighted by molar-refractivity contribution is 0.626. The van der Waals surface area contributed by atoms with Crippen molar-refractivity contribution >= 4 is 0 Å². The van der Waals surface area contributed by atoms with Gasteiger partial charge in [-0.05, 0) is 37.0 Å². The van der Waals surface area contributed by atoms with Crippen molar-refractivity contribution in [2.24, 2.45) is 0 Å². The van der Waals surface area contributed by atoms with Crippen molar-refractivity contribution < 1.29 is 0 Å². The van der Waals surface area contributed by atoms with Gasteiger partial charge in [-0.2, -0.15) is 5.26 Å². The highest BCUT2D eigenvalue weighted by molar-refractivity contribution is 5.33. The summed E-state index contributed by atoms with van der Waals surface area (Å²) >= 11 is 0. The maximum absolute atomic E-state index is 8.76. The van der Waals surface area contributed by atoms with Gasteiger partial charge in [0, 0.05) is 12.7 Å². The van der Waals surface area contributed by atoms with Crippen LogP contribution < -0.4 is 0 Å². The number of hydrogen-bond acceptors (Lipinski definition) is 3. The van der Waals surface area contributed by atoms with Crippen LogP contribution in [0.4, 0.5) is 0 Å². The Kier molecular flexibility index (Phi) is 3.73. The highest BCUT2D eigenvalue weighted by Crippen LogP contribution is 2.19. The van der Waals surface area contributed by atoms with Gasteiger partial charge in [-0.1, -0.05) is 24.3 Å². The van der Waals surface area contributed by atoms with Gasteiger partial charge >= 0.3 is 0 Å². The fourth-order valence-electron chi connectivity index (χ4n) is 1.90. The van der Waals surface area contributed by atoms with Crippen LogP contribution in [0.25, 0.3) is 0 Å². The third kappa shape index (κ3) is 2.75. The van der Waals surface area contributed by atoms with Crippen LogP contribution in [0, 0.1) is 11.3 Å². The van der Waals surface area contributed by atoms with Crippen LogP contribution >= 0.6 is 0 Å². The van der Waals surface area contributed by atoms with E-state index in [1.54, 1.807) is 0 Å². The SMILES string of the molecule is CCn1cc(CC(C)c2ccc(C#N)cc2)nn1. The Bertz CT molecular complexity index is 548. The lowest BCUT2D eigenvalue weighted by Crippen LogP contribution is -1.99.